The number of thiophene rings is 1. The van der Waals surface area contributed by atoms with Gasteiger partial charge in [-0.25, -0.2) is 4.98 Å². The number of nitrogen functional groups attached to an aromatic ring is 1. The number of Topliss-reactive ketones (excluding diaryl/α,β-unsaturated/α-hetero) is 1. The molecule has 1 aromatic carbocycles. The van der Waals surface area contributed by atoms with Crippen LogP contribution in [0.5, 0.6) is 11.5 Å². The molecule has 0 radical (unpaired) electrons. The Hall–Kier alpha value is -3.53. The van der Waals surface area contributed by atoms with Crippen LogP contribution in [0.1, 0.15) is 21.5 Å². The number of nitriles is 2. The Morgan fingerprint density at radius 1 is 1.21 bits per heavy atom. The first kappa shape index (κ1) is 18.8. The van der Waals surface area contributed by atoms with Crippen LogP contribution in [-0.2, 0) is 0 Å². The summed E-state index contributed by atoms with van der Waals surface area (Å²) in [5, 5.41) is 21.4. The molecule has 0 unspecified atom stereocenters. The highest BCUT2D eigenvalue weighted by molar-refractivity contribution is 8.00. The molecular formula is C20H12N4O3S2. The molecule has 2 N–H and O–H groups in total. The van der Waals surface area contributed by atoms with Crippen molar-refractivity contribution in [3.63, 3.8) is 0 Å². The van der Waals surface area contributed by atoms with Gasteiger partial charge in [0.1, 0.15) is 28.5 Å². The highest BCUT2D eigenvalue weighted by Gasteiger charge is 2.22. The Kier molecular flexibility index (Phi) is 5.09. The summed E-state index contributed by atoms with van der Waals surface area (Å²) >= 11 is 2.51. The van der Waals surface area contributed by atoms with Crippen molar-refractivity contribution in [3.8, 4) is 34.1 Å². The molecule has 0 atom stereocenters. The van der Waals surface area contributed by atoms with E-state index in [0.717, 1.165) is 16.6 Å². The van der Waals surface area contributed by atoms with E-state index in [1.807, 2.05) is 23.6 Å². The number of hydrogen-bond donors (Lipinski definition) is 1. The molecule has 7 nitrogen and oxygen atoms in total. The Balaban J connectivity index is 1.65. The molecule has 0 saturated heterocycles. The van der Waals surface area contributed by atoms with Gasteiger partial charge in [-0.3, -0.25) is 4.79 Å². The van der Waals surface area contributed by atoms with Crippen LogP contribution in [0.2, 0.25) is 0 Å². The first-order chi connectivity index (χ1) is 14.1. The maximum absolute atomic E-state index is 12.6. The van der Waals surface area contributed by atoms with Crippen molar-refractivity contribution < 1.29 is 14.3 Å². The van der Waals surface area contributed by atoms with Crippen LogP contribution >= 0.6 is 23.1 Å². The first-order valence-electron chi connectivity index (χ1n) is 8.35. The Labute approximate surface area is 174 Å². The number of fused-ring (bicyclic) bond motifs is 1. The highest BCUT2D eigenvalue weighted by Crippen LogP contribution is 2.38. The van der Waals surface area contributed by atoms with E-state index in [2.05, 4.69) is 11.1 Å². The molecule has 29 heavy (non-hydrogen) atoms. The van der Waals surface area contributed by atoms with Gasteiger partial charge in [0, 0.05) is 16.0 Å². The summed E-state index contributed by atoms with van der Waals surface area (Å²) in [6, 6.07) is 12.8. The normalized spacial score (nSPS) is 11.7. The Morgan fingerprint density at radius 2 is 2.00 bits per heavy atom. The fourth-order valence-electron chi connectivity index (χ4n) is 2.86. The van der Waals surface area contributed by atoms with Crippen LogP contribution in [0, 0.1) is 22.7 Å². The van der Waals surface area contributed by atoms with Crippen molar-refractivity contribution >= 4 is 34.7 Å². The summed E-state index contributed by atoms with van der Waals surface area (Å²) in [5.74, 6) is 1.06. The molecule has 0 fully saturated rings. The second-order valence-electron chi connectivity index (χ2n) is 5.91. The van der Waals surface area contributed by atoms with Gasteiger partial charge < -0.3 is 15.2 Å². The van der Waals surface area contributed by atoms with Crippen molar-refractivity contribution in [2.45, 2.75) is 5.03 Å². The minimum atomic E-state index is -0.153. The van der Waals surface area contributed by atoms with Gasteiger partial charge in [0.2, 0.25) is 6.79 Å². The zero-order chi connectivity index (χ0) is 20.4. The van der Waals surface area contributed by atoms with E-state index in [1.165, 1.54) is 11.3 Å². The lowest BCUT2D eigenvalue weighted by atomic mass is 10.0. The maximum Gasteiger partial charge on any atom is 0.231 e. The lowest BCUT2D eigenvalue weighted by molar-refractivity contribution is 0.102. The van der Waals surface area contributed by atoms with Gasteiger partial charge >= 0.3 is 0 Å². The van der Waals surface area contributed by atoms with Gasteiger partial charge in [0.15, 0.2) is 17.3 Å². The van der Waals surface area contributed by atoms with Crippen LogP contribution in [0.15, 0.2) is 40.7 Å². The number of aromatic nitrogens is 1. The fraction of sp³-hybridized carbons (Fsp3) is 0.100. The van der Waals surface area contributed by atoms with Gasteiger partial charge in [-0.1, -0.05) is 17.8 Å². The molecule has 0 saturated carbocycles. The highest BCUT2D eigenvalue weighted by atomic mass is 32.2. The second-order valence-corrected chi connectivity index (χ2v) is 7.82. The predicted octanol–water partition coefficient (Wildman–Crippen LogP) is 3.84. The van der Waals surface area contributed by atoms with E-state index in [1.54, 1.807) is 18.2 Å². The molecule has 1 aliphatic heterocycles. The second kappa shape index (κ2) is 7.84. The van der Waals surface area contributed by atoms with E-state index >= 15 is 0 Å². The minimum Gasteiger partial charge on any atom is -0.454 e. The summed E-state index contributed by atoms with van der Waals surface area (Å²) in [6.07, 6.45) is 0. The third kappa shape index (κ3) is 3.49. The molecule has 3 aromatic rings. The lowest BCUT2D eigenvalue weighted by Gasteiger charge is -2.11. The predicted molar refractivity (Wildman–Crippen MR) is 109 cm³/mol. The number of nitrogens with two attached hydrogens (primary N) is 1. The van der Waals surface area contributed by atoms with Gasteiger partial charge in [0.05, 0.1) is 11.3 Å². The summed E-state index contributed by atoms with van der Waals surface area (Å²) in [5.41, 5.74) is 7.30. The number of rotatable bonds is 5. The van der Waals surface area contributed by atoms with Crippen LogP contribution in [-0.4, -0.2) is 23.3 Å². The zero-order valence-electron chi connectivity index (χ0n) is 14.8. The number of hydrogen-bond acceptors (Lipinski definition) is 9. The average Bonchev–Trinajstić information content (AvgIpc) is 3.42. The standard InChI is InChI=1S/C20H12N4O3S2/c21-7-12-18(17-2-1-5-28-17)13(8-22)20(24-19(12)23)29-9-14(25)11-3-4-15-16(6-11)27-10-26-15/h1-6H,9-10H2,(H2,23,24). The van der Waals surface area contributed by atoms with Gasteiger partial charge in [-0.2, -0.15) is 10.5 Å². The van der Waals surface area contributed by atoms with Gasteiger partial charge in [0.25, 0.3) is 0 Å². The van der Waals surface area contributed by atoms with Crippen molar-refractivity contribution in [1.82, 2.24) is 4.98 Å². The summed E-state index contributed by atoms with van der Waals surface area (Å²) in [6.45, 7) is 0.132. The third-order valence-corrected chi connectivity index (χ3v) is 6.08. The molecular weight excluding hydrogens is 408 g/mol. The first-order valence-corrected chi connectivity index (χ1v) is 10.2. The number of anilines is 1. The largest absolute Gasteiger partial charge is 0.454 e. The maximum atomic E-state index is 12.6. The molecule has 4 rings (SSSR count). The number of benzene rings is 1. The molecule has 0 spiro atoms. The third-order valence-electron chi connectivity index (χ3n) is 4.22. The minimum absolute atomic E-state index is 0.0351. The number of nitrogens with zero attached hydrogens (tertiary/aromatic N) is 3. The lowest BCUT2D eigenvalue weighted by Crippen LogP contribution is -2.06. The summed E-state index contributed by atoms with van der Waals surface area (Å²) in [7, 11) is 0. The number of thioether (sulfide) groups is 1. The number of ketones is 1. The summed E-state index contributed by atoms with van der Waals surface area (Å²) in [4.78, 5) is 17.6. The zero-order valence-corrected chi connectivity index (χ0v) is 16.5. The SMILES string of the molecule is N#Cc1c(N)nc(SCC(=O)c2ccc3c(c2)OCO3)c(C#N)c1-c1cccs1. The smallest absolute Gasteiger partial charge is 0.231 e. The molecule has 2 aromatic heterocycles. The van der Waals surface area contributed by atoms with Crippen molar-refractivity contribution in [2.75, 3.05) is 18.3 Å². The Morgan fingerprint density at radius 3 is 2.72 bits per heavy atom. The van der Waals surface area contributed by atoms with E-state index in [0.29, 0.717) is 27.7 Å². The van der Waals surface area contributed by atoms with Gasteiger partial charge in [-0.15, -0.1) is 11.3 Å². The molecule has 9 heteroatoms. The fourth-order valence-corrected chi connectivity index (χ4v) is 4.53. The van der Waals surface area contributed by atoms with E-state index in [9.17, 15) is 15.3 Å². The van der Waals surface area contributed by atoms with Crippen molar-refractivity contribution in [1.29, 1.82) is 10.5 Å². The molecule has 1 aliphatic rings. The van der Waals surface area contributed by atoms with Crippen LogP contribution in [0.25, 0.3) is 10.4 Å². The molecule has 0 aliphatic carbocycles. The van der Waals surface area contributed by atoms with Crippen LogP contribution in [0.4, 0.5) is 5.82 Å². The molecule has 0 bridgehead atoms. The molecule has 142 valence electrons. The average molecular weight is 420 g/mol. The quantitative estimate of drug-likeness (QED) is 0.488. The number of pyridine rings is 1. The van der Waals surface area contributed by atoms with Crippen LogP contribution < -0.4 is 15.2 Å². The van der Waals surface area contributed by atoms with Crippen molar-refractivity contribution in [3.05, 3.63) is 52.4 Å². The Bertz CT molecular complexity index is 1190. The van der Waals surface area contributed by atoms with Gasteiger partial charge in [-0.05, 0) is 29.6 Å². The van der Waals surface area contributed by atoms with E-state index < -0.39 is 0 Å². The topological polar surface area (TPSA) is 122 Å². The van der Waals surface area contributed by atoms with Crippen LogP contribution in [0.3, 0.4) is 0 Å². The molecule has 0 amide bonds. The van der Waals surface area contributed by atoms with E-state index in [-0.39, 0.29) is 35.3 Å². The number of ether oxygens (including phenoxy) is 2. The van der Waals surface area contributed by atoms with Crippen molar-refractivity contribution in [2.24, 2.45) is 0 Å². The number of carbonyl (C=O) groups excluding carboxylic acids is 1. The number of carbonyl (C=O) groups is 1. The summed E-state index contributed by atoms with van der Waals surface area (Å²) < 4.78 is 10.6. The van der Waals surface area contributed by atoms with E-state index in [4.69, 9.17) is 15.2 Å². The molecule has 3 heterocycles. The monoisotopic (exact) mass is 420 g/mol.